The van der Waals surface area contributed by atoms with E-state index in [1.54, 1.807) is 66.7 Å². The third-order valence-electron chi connectivity index (χ3n) is 5.67. The van der Waals surface area contributed by atoms with Crippen LogP contribution in [-0.2, 0) is 4.79 Å². The van der Waals surface area contributed by atoms with Crippen molar-refractivity contribution in [2.24, 2.45) is 0 Å². The molecule has 0 atom stereocenters. The minimum Gasteiger partial charge on any atom is -0.321 e. The summed E-state index contributed by atoms with van der Waals surface area (Å²) < 4.78 is 0.900. The number of hydrogen-bond acceptors (Lipinski definition) is 5. The molecular weight excluding hydrogens is 574 g/mol. The SMILES string of the molecule is O=C(Nc1ccc(C(=O)/C=C/c2cccc(Br)c2)cc1)/C(=C/c1ccccc1[N+](=O)[O-])NC(=O)c1ccccc1. The number of allylic oxidation sites excluding steroid dienone is 1. The number of rotatable bonds is 9. The van der Waals surface area contributed by atoms with Crippen molar-refractivity contribution in [1.82, 2.24) is 5.32 Å². The Morgan fingerprint density at radius 1 is 0.800 bits per heavy atom. The number of carbonyl (C=O) groups excluding carboxylic acids is 3. The van der Waals surface area contributed by atoms with Crippen molar-refractivity contribution < 1.29 is 19.3 Å². The molecule has 0 saturated heterocycles. The predicted octanol–water partition coefficient (Wildman–Crippen LogP) is 6.66. The summed E-state index contributed by atoms with van der Waals surface area (Å²) in [4.78, 5) is 49.6. The quantitative estimate of drug-likeness (QED) is 0.0970. The monoisotopic (exact) mass is 595 g/mol. The first kappa shape index (κ1) is 27.9. The van der Waals surface area contributed by atoms with Crippen molar-refractivity contribution in [3.8, 4) is 0 Å². The topological polar surface area (TPSA) is 118 Å². The summed E-state index contributed by atoms with van der Waals surface area (Å²) >= 11 is 3.39. The number of amides is 2. The summed E-state index contributed by atoms with van der Waals surface area (Å²) in [5.41, 5.74) is 1.67. The molecule has 0 aliphatic carbocycles. The van der Waals surface area contributed by atoms with E-state index in [-0.39, 0.29) is 22.7 Å². The summed E-state index contributed by atoms with van der Waals surface area (Å²) in [5.74, 6) is -1.47. The zero-order chi connectivity index (χ0) is 28.5. The molecule has 198 valence electrons. The highest BCUT2D eigenvalue weighted by Crippen LogP contribution is 2.21. The van der Waals surface area contributed by atoms with Gasteiger partial charge in [-0.15, -0.1) is 0 Å². The van der Waals surface area contributed by atoms with E-state index >= 15 is 0 Å². The fourth-order valence-corrected chi connectivity index (χ4v) is 4.09. The predicted molar refractivity (Wildman–Crippen MR) is 158 cm³/mol. The van der Waals surface area contributed by atoms with Crippen LogP contribution in [0.5, 0.6) is 0 Å². The summed E-state index contributed by atoms with van der Waals surface area (Å²) in [6.45, 7) is 0. The Kier molecular flexibility index (Phi) is 9.11. The lowest BCUT2D eigenvalue weighted by Gasteiger charge is -2.12. The van der Waals surface area contributed by atoms with Crippen LogP contribution in [0.25, 0.3) is 12.2 Å². The molecule has 0 aliphatic rings. The zero-order valence-electron chi connectivity index (χ0n) is 20.9. The zero-order valence-corrected chi connectivity index (χ0v) is 22.5. The summed E-state index contributed by atoms with van der Waals surface area (Å²) in [6, 6.07) is 27.9. The Hall–Kier alpha value is -5.15. The Morgan fingerprint density at radius 2 is 1.50 bits per heavy atom. The average molecular weight is 596 g/mol. The highest BCUT2D eigenvalue weighted by Gasteiger charge is 2.18. The number of nitrogens with zero attached hydrogens (tertiary/aromatic N) is 1. The van der Waals surface area contributed by atoms with Crippen molar-refractivity contribution in [1.29, 1.82) is 0 Å². The number of carbonyl (C=O) groups is 3. The molecule has 0 saturated carbocycles. The van der Waals surface area contributed by atoms with Crippen LogP contribution in [0.2, 0.25) is 0 Å². The number of nitro groups is 1. The Labute approximate surface area is 238 Å². The Balaban J connectivity index is 1.54. The van der Waals surface area contributed by atoms with E-state index < -0.39 is 16.7 Å². The van der Waals surface area contributed by atoms with Gasteiger partial charge in [-0.1, -0.05) is 64.5 Å². The van der Waals surface area contributed by atoms with Crippen molar-refractivity contribution in [2.75, 3.05) is 5.32 Å². The molecule has 0 radical (unpaired) electrons. The molecule has 4 rings (SSSR count). The van der Waals surface area contributed by atoms with Gasteiger partial charge in [0, 0.05) is 27.4 Å². The third-order valence-corrected chi connectivity index (χ3v) is 6.16. The molecule has 0 aliphatic heterocycles. The first-order chi connectivity index (χ1) is 19.3. The highest BCUT2D eigenvalue weighted by molar-refractivity contribution is 9.10. The van der Waals surface area contributed by atoms with Crippen LogP contribution in [-0.4, -0.2) is 22.5 Å². The van der Waals surface area contributed by atoms with E-state index in [9.17, 15) is 24.5 Å². The van der Waals surface area contributed by atoms with Crippen molar-refractivity contribution in [3.05, 3.63) is 152 Å². The maximum Gasteiger partial charge on any atom is 0.276 e. The third kappa shape index (κ3) is 7.46. The number of nitro benzene ring substituents is 1. The standard InChI is InChI=1S/C31H22BrN3O5/c32-25-11-6-7-21(19-25)13-18-29(36)22-14-16-26(17-15-22)33-31(38)27(34-30(37)23-8-2-1-3-9-23)20-24-10-4-5-12-28(24)35(39)40/h1-20H,(H,33,38)(H,34,37)/b18-13+,27-20-. The van der Waals surface area contributed by atoms with Crippen molar-refractivity contribution in [3.63, 3.8) is 0 Å². The number of anilines is 1. The van der Waals surface area contributed by atoms with E-state index in [0.29, 0.717) is 16.8 Å². The molecule has 2 N–H and O–H groups in total. The molecule has 9 heteroatoms. The van der Waals surface area contributed by atoms with Crippen LogP contribution in [0.4, 0.5) is 11.4 Å². The number of halogens is 1. The molecule has 0 spiro atoms. The lowest BCUT2D eigenvalue weighted by molar-refractivity contribution is -0.385. The molecular formula is C31H22BrN3O5. The van der Waals surface area contributed by atoms with Crippen molar-refractivity contribution >= 4 is 57.1 Å². The second-order valence-corrected chi connectivity index (χ2v) is 9.39. The Morgan fingerprint density at radius 3 is 2.20 bits per heavy atom. The summed E-state index contributed by atoms with van der Waals surface area (Å²) in [5, 5.41) is 16.7. The minimum absolute atomic E-state index is 0.143. The largest absolute Gasteiger partial charge is 0.321 e. The van der Waals surface area contributed by atoms with Gasteiger partial charge in [-0.25, -0.2) is 0 Å². The first-order valence-corrected chi connectivity index (χ1v) is 12.8. The number of para-hydroxylation sites is 1. The number of benzene rings is 4. The lowest BCUT2D eigenvalue weighted by Crippen LogP contribution is -2.30. The van der Waals surface area contributed by atoms with Crippen LogP contribution in [0, 0.1) is 10.1 Å². The molecule has 4 aromatic carbocycles. The van der Waals surface area contributed by atoms with Crippen molar-refractivity contribution in [2.45, 2.75) is 0 Å². The molecule has 0 unspecified atom stereocenters. The lowest BCUT2D eigenvalue weighted by atomic mass is 10.1. The second-order valence-electron chi connectivity index (χ2n) is 8.48. The second kappa shape index (κ2) is 13.1. The molecule has 2 amide bonds. The number of ketones is 1. The molecule has 8 nitrogen and oxygen atoms in total. The van der Waals surface area contributed by atoms with Gasteiger partial charge in [0.1, 0.15) is 5.70 Å². The molecule has 0 bridgehead atoms. The summed E-state index contributed by atoms with van der Waals surface area (Å²) in [7, 11) is 0. The van der Waals surface area contributed by atoms with E-state index in [1.807, 2.05) is 24.3 Å². The average Bonchev–Trinajstić information content (AvgIpc) is 2.96. The highest BCUT2D eigenvalue weighted by atomic mass is 79.9. The van der Waals surface area contributed by atoms with Gasteiger partial charge in [0.05, 0.1) is 10.5 Å². The van der Waals surface area contributed by atoms with Gasteiger partial charge in [0.25, 0.3) is 17.5 Å². The fraction of sp³-hybridized carbons (Fsp3) is 0. The van der Waals surface area contributed by atoms with Crippen LogP contribution in [0.3, 0.4) is 0 Å². The van der Waals surface area contributed by atoms with Gasteiger partial charge in [-0.2, -0.15) is 0 Å². The molecule has 0 aromatic heterocycles. The first-order valence-electron chi connectivity index (χ1n) is 12.0. The molecule has 0 fully saturated rings. The van der Waals surface area contributed by atoms with Gasteiger partial charge in [-0.3, -0.25) is 24.5 Å². The van der Waals surface area contributed by atoms with E-state index in [1.165, 1.54) is 30.4 Å². The van der Waals surface area contributed by atoms with E-state index in [0.717, 1.165) is 10.0 Å². The van der Waals surface area contributed by atoms with Crippen LogP contribution < -0.4 is 10.6 Å². The fourth-order valence-electron chi connectivity index (χ4n) is 3.67. The maximum absolute atomic E-state index is 13.2. The number of hydrogen-bond donors (Lipinski definition) is 2. The molecule has 0 heterocycles. The van der Waals surface area contributed by atoms with Gasteiger partial charge in [0.2, 0.25) is 0 Å². The smallest absolute Gasteiger partial charge is 0.276 e. The van der Waals surface area contributed by atoms with Gasteiger partial charge in [0.15, 0.2) is 5.78 Å². The van der Waals surface area contributed by atoms with Crippen LogP contribution in [0.15, 0.2) is 119 Å². The van der Waals surface area contributed by atoms with E-state index in [4.69, 9.17) is 0 Å². The normalized spacial score (nSPS) is 11.2. The van der Waals surface area contributed by atoms with Crippen LogP contribution in [0.1, 0.15) is 31.8 Å². The van der Waals surface area contributed by atoms with E-state index in [2.05, 4.69) is 26.6 Å². The molecule has 40 heavy (non-hydrogen) atoms. The van der Waals surface area contributed by atoms with Crippen LogP contribution >= 0.6 is 15.9 Å². The van der Waals surface area contributed by atoms with Gasteiger partial charge in [-0.05, 0) is 72.3 Å². The van der Waals surface area contributed by atoms with Gasteiger partial charge >= 0.3 is 0 Å². The van der Waals surface area contributed by atoms with Gasteiger partial charge < -0.3 is 10.6 Å². The summed E-state index contributed by atoms with van der Waals surface area (Å²) in [6.07, 6.45) is 4.42. The Bertz CT molecular complexity index is 1630. The molecule has 4 aromatic rings. The maximum atomic E-state index is 13.2. The minimum atomic E-state index is -0.698. The number of nitrogens with one attached hydrogen (secondary N) is 2.